The molecule has 6 aliphatic rings. The summed E-state index contributed by atoms with van der Waals surface area (Å²) in [6.45, 7) is -1.16. The van der Waals surface area contributed by atoms with Gasteiger partial charge in [0.2, 0.25) is 0 Å². The fourth-order valence-electron chi connectivity index (χ4n) is 3.12. The largest absolute Gasteiger partial charge is 2.00 e. The Balaban J connectivity index is -0.000000536. The number of ether oxygens (including phenoxy) is 6. The molecule has 0 fully saturated rings. The van der Waals surface area contributed by atoms with E-state index in [1.54, 1.807) is 72.9 Å². The van der Waals surface area contributed by atoms with Crippen LogP contribution in [0.2, 0.25) is 0 Å². The van der Waals surface area contributed by atoms with E-state index in [1.165, 1.54) is 37.6 Å². The van der Waals surface area contributed by atoms with Crippen LogP contribution in [0.3, 0.4) is 0 Å². The summed E-state index contributed by atoms with van der Waals surface area (Å²) in [5.41, 5.74) is 0. The second-order valence-corrected chi connectivity index (χ2v) is 9.33. The van der Waals surface area contributed by atoms with E-state index < -0.39 is 0 Å². The van der Waals surface area contributed by atoms with Gasteiger partial charge in [0, 0.05) is 0 Å². The summed E-state index contributed by atoms with van der Waals surface area (Å²) in [4.78, 5) is 0. The van der Waals surface area contributed by atoms with Crippen molar-refractivity contribution in [2.24, 2.45) is 0 Å². The Morgan fingerprint density at radius 2 is 0.431 bits per heavy atom. The molecule has 6 heterocycles. The molecule has 288 valence electrons. The first-order valence-electron chi connectivity index (χ1n) is 15.0. The maximum absolute atomic E-state index is 10.1. The predicted molar refractivity (Wildman–Crippen MR) is 168 cm³/mol. The number of hydrogen-bond acceptors (Lipinski definition) is 12. The van der Waals surface area contributed by atoms with Crippen LogP contribution < -0.4 is 30.6 Å². The molecule has 0 aromatic rings. The van der Waals surface area contributed by atoms with Crippen LogP contribution in [-0.2, 0) is 78.8 Å². The van der Waals surface area contributed by atoms with Crippen molar-refractivity contribution in [2.45, 2.75) is 36.6 Å². The Labute approximate surface area is 331 Å². The van der Waals surface area contributed by atoms with Crippen LogP contribution in [0.25, 0.3) is 0 Å². The minimum atomic E-state index is -0.236. The first-order valence-corrected chi connectivity index (χ1v) is 15.0. The van der Waals surface area contributed by atoms with Gasteiger partial charge in [-0.15, -0.1) is 0 Å². The molecular formula is C36H42CoCuNiO12. The Kier molecular flexibility index (Phi) is 39.2. The molecule has 0 bridgehead atoms. The number of allylic oxidation sites excluding steroid dienone is 12. The third-order valence-electron chi connectivity index (χ3n) is 5.60. The van der Waals surface area contributed by atoms with Crippen molar-refractivity contribution >= 4 is 0 Å². The molecule has 12 nitrogen and oxygen atoms in total. The second-order valence-electron chi connectivity index (χ2n) is 9.33. The topological polar surface area (TPSA) is 194 Å². The summed E-state index contributed by atoms with van der Waals surface area (Å²) in [5, 5.41) is 60.4. The maximum atomic E-state index is 10.1. The average Bonchev–Trinajstić information content (AvgIpc) is 3.21. The Morgan fingerprint density at radius 1 is 0.294 bits per heavy atom. The van der Waals surface area contributed by atoms with E-state index in [1.807, 2.05) is 36.5 Å². The van der Waals surface area contributed by atoms with E-state index in [0.29, 0.717) is 0 Å². The molecule has 0 aromatic heterocycles. The first kappa shape index (κ1) is 52.3. The summed E-state index contributed by atoms with van der Waals surface area (Å²) >= 11 is 0. The monoisotopic (exact) mass is 846 g/mol. The third-order valence-corrected chi connectivity index (χ3v) is 5.60. The van der Waals surface area contributed by atoms with Gasteiger partial charge < -0.3 is 59.1 Å². The zero-order chi connectivity index (χ0) is 34.9. The van der Waals surface area contributed by atoms with Crippen molar-refractivity contribution < 1.29 is 109 Å². The van der Waals surface area contributed by atoms with Crippen LogP contribution >= 0.6 is 0 Å². The molecule has 0 amide bonds. The Morgan fingerprint density at radius 3 is 0.490 bits per heavy atom. The quantitative estimate of drug-likeness (QED) is 0.293. The van der Waals surface area contributed by atoms with Gasteiger partial charge in [-0.3, -0.25) is 0 Å². The van der Waals surface area contributed by atoms with Gasteiger partial charge in [-0.1, -0.05) is 76.1 Å². The molecule has 0 spiro atoms. The van der Waals surface area contributed by atoms with Gasteiger partial charge in [0.15, 0.2) is 0 Å². The number of hydrogen-bond donors (Lipinski definition) is 0. The van der Waals surface area contributed by atoms with E-state index in [9.17, 15) is 30.6 Å². The van der Waals surface area contributed by atoms with Gasteiger partial charge in [-0.25, -0.2) is 0 Å². The van der Waals surface area contributed by atoms with Gasteiger partial charge >= 0.3 is 50.3 Å². The van der Waals surface area contributed by atoms with E-state index >= 15 is 0 Å². The van der Waals surface area contributed by atoms with Gasteiger partial charge in [0.1, 0.15) is 36.6 Å². The summed E-state index contributed by atoms with van der Waals surface area (Å²) in [5.74, 6) is 0. The van der Waals surface area contributed by atoms with Gasteiger partial charge in [-0.05, 0) is 72.9 Å². The number of rotatable bonds is 6. The van der Waals surface area contributed by atoms with Crippen molar-refractivity contribution in [3.8, 4) is 0 Å². The van der Waals surface area contributed by atoms with Gasteiger partial charge in [-0.2, -0.15) is 0 Å². The van der Waals surface area contributed by atoms with Crippen LogP contribution in [0.5, 0.6) is 0 Å². The predicted octanol–water partition coefficient (Wildman–Crippen LogP) is -1.12. The molecule has 6 atom stereocenters. The molecule has 2 radical (unpaired) electrons. The maximum Gasteiger partial charge on any atom is 2.00 e. The zero-order valence-corrected chi connectivity index (χ0v) is 30.4. The first-order chi connectivity index (χ1) is 23.6. The van der Waals surface area contributed by atoms with Crippen LogP contribution in [0.4, 0.5) is 0 Å². The van der Waals surface area contributed by atoms with Crippen LogP contribution in [0.15, 0.2) is 147 Å². The summed E-state index contributed by atoms with van der Waals surface area (Å²) < 4.78 is 29.1. The molecule has 6 rings (SSSR count). The molecule has 0 aliphatic carbocycles. The third kappa shape index (κ3) is 29.3. The van der Waals surface area contributed by atoms with Crippen molar-refractivity contribution in [3.63, 3.8) is 0 Å². The minimum absolute atomic E-state index is 0. The average molecular weight is 848 g/mol. The molecule has 0 saturated heterocycles. The van der Waals surface area contributed by atoms with E-state index in [2.05, 4.69) is 0 Å². The molecule has 0 aromatic carbocycles. The molecule has 6 aliphatic heterocycles. The minimum Gasteiger partial charge on any atom is -0.852 e. The summed E-state index contributed by atoms with van der Waals surface area (Å²) in [7, 11) is 0. The fraction of sp³-hybridized carbons (Fsp3) is 0.333. The normalized spacial score (nSPS) is 23.9. The zero-order valence-electron chi connectivity index (χ0n) is 27.4. The Bertz CT molecular complexity index is 948. The van der Waals surface area contributed by atoms with Crippen LogP contribution in [0.1, 0.15) is 0 Å². The standard InChI is InChI=1S/6C6H7O2.Co.Cu.Ni/c6*7-5-6-3-1-2-4-8-6;;;/h6*1-4,6H,5H2;;;/q6*-1;3*+2. The molecular weight excluding hydrogens is 806 g/mol. The molecule has 6 unspecified atom stereocenters. The summed E-state index contributed by atoms with van der Waals surface area (Å²) in [6, 6.07) is 0. The van der Waals surface area contributed by atoms with Crippen LogP contribution in [-0.4, -0.2) is 76.3 Å². The van der Waals surface area contributed by atoms with Crippen molar-refractivity contribution in [1.82, 2.24) is 0 Å². The Hall–Kier alpha value is -3.04. The second kappa shape index (κ2) is 38.2. The van der Waals surface area contributed by atoms with E-state index in [0.717, 1.165) is 0 Å². The van der Waals surface area contributed by atoms with Crippen molar-refractivity contribution in [1.29, 1.82) is 0 Å². The van der Waals surface area contributed by atoms with Crippen molar-refractivity contribution in [2.75, 3.05) is 39.6 Å². The molecule has 0 N–H and O–H groups in total. The summed E-state index contributed by atoms with van der Waals surface area (Å²) in [6.07, 6.45) is 39.6. The molecule has 51 heavy (non-hydrogen) atoms. The van der Waals surface area contributed by atoms with E-state index in [-0.39, 0.29) is 127 Å². The van der Waals surface area contributed by atoms with E-state index in [4.69, 9.17) is 28.4 Å². The van der Waals surface area contributed by atoms with Gasteiger partial charge in [0.25, 0.3) is 0 Å². The van der Waals surface area contributed by atoms with Crippen molar-refractivity contribution in [3.05, 3.63) is 147 Å². The molecule has 15 heteroatoms. The SMILES string of the molecule is [Co+2].[Cu+2].[Ni+2].[O-]CC1C=CC=CO1.[O-]CC1C=CC=CO1.[O-]CC1C=CC=CO1.[O-]CC1C=CC=CO1.[O-]CC1C=CC=CO1.[O-]CC1C=CC=CO1. The fourth-order valence-corrected chi connectivity index (χ4v) is 3.12. The van der Waals surface area contributed by atoms with Crippen LogP contribution in [0, 0.1) is 0 Å². The smallest absolute Gasteiger partial charge is 0.852 e. The van der Waals surface area contributed by atoms with Gasteiger partial charge in [0.05, 0.1) is 37.6 Å². The molecule has 0 saturated carbocycles.